The fourth-order valence-electron chi connectivity index (χ4n) is 2.14. The number of thioether (sulfide) groups is 1. The second-order valence-corrected chi connectivity index (χ2v) is 8.30. The number of nitrogens with two attached hydrogens (primary N) is 1. The van der Waals surface area contributed by atoms with E-state index in [2.05, 4.69) is 5.32 Å². The Kier molecular flexibility index (Phi) is 8.35. The van der Waals surface area contributed by atoms with Gasteiger partial charge in [0.2, 0.25) is 10.0 Å². The normalized spacial score (nSPS) is 15.7. The van der Waals surface area contributed by atoms with Crippen LogP contribution < -0.4 is 11.1 Å². The summed E-state index contributed by atoms with van der Waals surface area (Å²) in [5, 5.41) is 2.65. The van der Waals surface area contributed by atoms with E-state index in [4.69, 9.17) is 5.73 Å². The van der Waals surface area contributed by atoms with Crippen LogP contribution in [0.3, 0.4) is 0 Å². The maximum atomic E-state index is 12.1. The molecule has 9 heteroatoms. The third kappa shape index (κ3) is 5.96. The van der Waals surface area contributed by atoms with Gasteiger partial charge in [-0.15, -0.1) is 12.4 Å². The molecule has 1 aromatic carbocycles. The predicted molar refractivity (Wildman–Crippen MR) is 96.6 cm³/mol. The van der Waals surface area contributed by atoms with Crippen molar-refractivity contribution in [2.75, 3.05) is 36.9 Å². The SMILES string of the molecule is Cl.NCc1ccc(C(=O)NCCS(=O)(=O)N2CCSCC2)cc1. The van der Waals surface area contributed by atoms with Crippen molar-refractivity contribution in [2.45, 2.75) is 6.54 Å². The number of nitrogens with zero attached hydrogens (tertiary/aromatic N) is 1. The lowest BCUT2D eigenvalue weighted by atomic mass is 10.1. The Balaban J connectivity index is 0.00000264. The van der Waals surface area contributed by atoms with Gasteiger partial charge in [0.1, 0.15) is 0 Å². The molecule has 1 aliphatic heterocycles. The largest absolute Gasteiger partial charge is 0.351 e. The van der Waals surface area contributed by atoms with Crippen LogP contribution in [0, 0.1) is 0 Å². The van der Waals surface area contributed by atoms with E-state index in [0.29, 0.717) is 25.2 Å². The molecule has 0 atom stereocenters. The van der Waals surface area contributed by atoms with Crippen LogP contribution in [0.25, 0.3) is 0 Å². The van der Waals surface area contributed by atoms with E-state index in [1.807, 2.05) is 0 Å². The number of hydrogen-bond acceptors (Lipinski definition) is 5. The lowest BCUT2D eigenvalue weighted by Crippen LogP contribution is -2.41. The number of nitrogens with one attached hydrogen (secondary N) is 1. The minimum Gasteiger partial charge on any atom is -0.351 e. The Morgan fingerprint density at radius 3 is 2.39 bits per heavy atom. The van der Waals surface area contributed by atoms with Crippen LogP contribution in [0.2, 0.25) is 0 Å². The standard InChI is InChI=1S/C14H21N3O3S2.ClH/c15-11-12-1-3-13(4-2-12)14(18)16-5-10-22(19,20)17-6-8-21-9-7-17;/h1-4H,5-11,15H2,(H,16,18);1H. The topological polar surface area (TPSA) is 92.5 Å². The first-order valence-electron chi connectivity index (χ1n) is 7.16. The molecule has 1 aromatic rings. The van der Waals surface area contributed by atoms with Crippen LogP contribution >= 0.6 is 24.2 Å². The van der Waals surface area contributed by atoms with Crippen molar-refractivity contribution in [2.24, 2.45) is 5.73 Å². The number of halogens is 1. The second-order valence-electron chi connectivity index (χ2n) is 4.98. The first-order chi connectivity index (χ1) is 10.5. The van der Waals surface area contributed by atoms with Crippen LogP contribution in [-0.4, -0.2) is 55.5 Å². The van der Waals surface area contributed by atoms with Crippen molar-refractivity contribution in [3.63, 3.8) is 0 Å². The van der Waals surface area contributed by atoms with Crippen molar-refractivity contribution in [3.8, 4) is 0 Å². The average Bonchev–Trinajstić information content (AvgIpc) is 2.55. The monoisotopic (exact) mass is 379 g/mol. The van der Waals surface area contributed by atoms with Crippen molar-refractivity contribution in [1.29, 1.82) is 0 Å². The molecule has 0 radical (unpaired) electrons. The summed E-state index contributed by atoms with van der Waals surface area (Å²) in [5.41, 5.74) is 6.95. The van der Waals surface area contributed by atoms with Gasteiger partial charge < -0.3 is 11.1 Å². The molecule has 6 nitrogen and oxygen atoms in total. The fourth-order valence-corrected chi connectivity index (χ4v) is 4.63. The van der Waals surface area contributed by atoms with Crippen molar-refractivity contribution in [1.82, 2.24) is 9.62 Å². The number of carbonyl (C=O) groups is 1. The molecule has 3 N–H and O–H groups in total. The number of amides is 1. The maximum absolute atomic E-state index is 12.1. The van der Waals surface area contributed by atoms with Gasteiger partial charge in [0.25, 0.3) is 5.91 Å². The first-order valence-corrected chi connectivity index (χ1v) is 9.92. The Hall–Kier alpha value is -0.800. The van der Waals surface area contributed by atoms with Gasteiger partial charge in [-0.05, 0) is 17.7 Å². The molecule has 1 fully saturated rings. The fraction of sp³-hybridized carbons (Fsp3) is 0.500. The van der Waals surface area contributed by atoms with Gasteiger partial charge in [-0.1, -0.05) is 12.1 Å². The Morgan fingerprint density at radius 1 is 1.22 bits per heavy atom. The summed E-state index contributed by atoms with van der Waals surface area (Å²) in [4.78, 5) is 12.0. The number of carbonyl (C=O) groups excluding carboxylic acids is 1. The molecule has 1 amide bonds. The summed E-state index contributed by atoms with van der Waals surface area (Å²) in [6.07, 6.45) is 0. The zero-order valence-electron chi connectivity index (χ0n) is 12.7. The molecule has 0 aromatic heterocycles. The second kappa shape index (κ2) is 9.48. The molecule has 1 aliphatic rings. The number of rotatable bonds is 6. The summed E-state index contributed by atoms with van der Waals surface area (Å²) in [6.45, 7) is 1.65. The van der Waals surface area contributed by atoms with E-state index in [1.165, 1.54) is 4.31 Å². The Bertz CT molecular complexity index is 602. The molecule has 23 heavy (non-hydrogen) atoms. The Morgan fingerprint density at radius 2 is 1.83 bits per heavy atom. The van der Waals surface area contributed by atoms with E-state index >= 15 is 0 Å². The summed E-state index contributed by atoms with van der Waals surface area (Å²) in [7, 11) is -3.28. The van der Waals surface area contributed by atoms with Gasteiger partial charge in [-0.25, -0.2) is 12.7 Å². The molecule has 0 spiro atoms. The maximum Gasteiger partial charge on any atom is 0.251 e. The highest BCUT2D eigenvalue weighted by Gasteiger charge is 2.23. The average molecular weight is 380 g/mol. The van der Waals surface area contributed by atoms with Gasteiger partial charge in [0.05, 0.1) is 5.75 Å². The molecule has 0 bridgehead atoms. The van der Waals surface area contributed by atoms with Crippen LogP contribution in [0.5, 0.6) is 0 Å². The van der Waals surface area contributed by atoms with Gasteiger partial charge in [0, 0.05) is 43.2 Å². The molecule has 0 unspecified atom stereocenters. The number of hydrogen-bond donors (Lipinski definition) is 2. The summed E-state index contributed by atoms with van der Waals surface area (Å²) >= 11 is 1.76. The van der Waals surface area contributed by atoms with Crippen LogP contribution in [0.15, 0.2) is 24.3 Å². The van der Waals surface area contributed by atoms with E-state index in [1.54, 1.807) is 36.0 Å². The quantitative estimate of drug-likeness (QED) is 0.758. The highest BCUT2D eigenvalue weighted by Crippen LogP contribution is 2.13. The highest BCUT2D eigenvalue weighted by atomic mass is 35.5. The molecule has 0 saturated carbocycles. The molecule has 130 valence electrons. The summed E-state index contributed by atoms with van der Waals surface area (Å²) in [6, 6.07) is 6.95. The molecule has 1 heterocycles. The zero-order valence-corrected chi connectivity index (χ0v) is 15.2. The van der Waals surface area contributed by atoms with Crippen LogP contribution in [0.1, 0.15) is 15.9 Å². The van der Waals surface area contributed by atoms with E-state index in [-0.39, 0.29) is 30.6 Å². The molecule has 0 aliphatic carbocycles. The number of benzene rings is 1. The minimum absolute atomic E-state index is 0. The minimum atomic E-state index is -3.28. The van der Waals surface area contributed by atoms with E-state index < -0.39 is 10.0 Å². The first kappa shape index (κ1) is 20.2. The lowest BCUT2D eigenvalue weighted by molar-refractivity contribution is 0.0956. The van der Waals surface area contributed by atoms with Crippen molar-refractivity contribution < 1.29 is 13.2 Å². The van der Waals surface area contributed by atoms with Gasteiger partial charge in [-0.3, -0.25) is 4.79 Å². The third-order valence-electron chi connectivity index (χ3n) is 3.46. The van der Waals surface area contributed by atoms with E-state index in [9.17, 15) is 13.2 Å². The van der Waals surface area contributed by atoms with Crippen LogP contribution in [-0.2, 0) is 16.6 Å². The molecule has 2 rings (SSSR count). The molecular formula is C14H22ClN3O3S2. The van der Waals surface area contributed by atoms with Crippen molar-refractivity contribution in [3.05, 3.63) is 35.4 Å². The van der Waals surface area contributed by atoms with E-state index in [0.717, 1.165) is 17.1 Å². The Labute approximate surface area is 147 Å². The van der Waals surface area contributed by atoms with Gasteiger partial charge in [-0.2, -0.15) is 11.8 Å². The van der Waals surface area contributed by atoms with Gasteiger partial charge >= 0.3 is 0 Å². The van der Waals surface area contributed by atoms with Crippen LogP contribution in [0.4, 0.5) is 0 Å². The smallest absolute Gasteiger partial charge is 0.251 e. The zero-order chi connectivity index (χ0) is 16.0. The van der Waals surface area contributed by atoms with Crippen molar-refractivity contribution >= 4 is 40.1 Å². The highest BCUT2D eigenvalue weighted by molar-refractivity contribution is 7.99. The third-order valence-corrected chi connectivity index (χ3v) is 6.28. The molecule has 1 saturated heterocycles. The predicted octanol–water partition coefficient (Wildman–Crippen LogP) is 0.676. The summed E-state index contributed by atoms with van der Waals surface area (Å²) in [5.74, 6) is 1.33. The summed E-state index contributed by atoms with van der Waals surface area (Å²) < 4.78 is 25.8. The van der Waals surface area contributed by atoms with Gasteiger partial charge in [0.15, 0.2) is 0 Å². The molecular weight excluding hydrogens is 358 g/mol. The number of sulfonamides is 1. The lowest BCUT2D eigenvalue weighted by Gasteiger charge is -2.25.